The van der Waals surface area contributed by atoms with Crippen LogP contribution in [0.4, 0.5) is 0 Å². The van der Waals surface area contributed by atoms with Gasteiger partial charge in [0, 0.05) is 41.1 Å². The van der Waals surface area contributed by atoms with E-state index in [9.17, 15) is 0 Å². The highest BCUT2D eigenvalue weighted by Crippen LogP contribution is 2.42. The summed E-state index contributed by atoms with van der Waals surface area (Å²) < 4.78 is 12.6. The van der Waals surface area contributed by atoms with Crippen LogP contribution in [0.5, 0.6) is 0 Å². The molecule has 35 heavy (non-hydrogen) atoms. The molecule has 0 radical (unpaired) electrons. The third-order valence-electron chi connectivity index (χ3n) is 7.39. The number of fused-ring (bicyclic) bond motifs is 10. The summed E-state index contributed by atoms with van der Waals surface area (Å²) in [4.78, 5) is 5.30. The summed E-state index contributed by atoms with van der Waals surface area (Å²) >= 11 is 3.76. The molecule has 2 aromatic heterocycles. The van der Waals surface area contributed by atoms with Crippen molar-refractivity contribution in [3.05, 3.63) is 91.0 Å². The fraction of sp³-hybridized carbons (Fsp3) is 0. The zero-order valence-corrected chi connectivity index (χ0v) is 20.0. The second-order valence-electron chi connectivity index (χ2n) is 9.27. The summed E-state index contributed by atoms with van der Waals surface area (Å²) in [5.41, 5.74) is 7.84. The van der Waals surface area contributed by atoms with Gasteiger partial charge < -0.3 is 8.83 Å². The zero-order valence-electron chi connectivity index (χ0n) is 18.4. The highest BCUT2D eigenvalue weighted by molar-refractivity contribution is 8.01. The van der Waals surface area contributed by atoms with Crippen molar-refractivity contribution in [1.82, 2.24) is 0 Å². The Morgan fingerprint density at radius 2 is 0.971 bits per heavy atom. The molecule has 0 aliphatic carbocycles. The van der Waals surface area contributed by atoms with Gasteiger partial charge in [0.15, 0.2) is 0 Å². The highest BCUT2D eigenvalue weighted by atomic mass is 32.2. The van der Waals surface area contributed by atoms with Gasteiger partial charge in [-0.1, -0.05) is 76.9 Å². The quantitative estimate of drug-likeness (QED) is 0.219. The molecule has 9 rings (SSSR count). The summed E-state index contributed by atoms with van der Waals surface area (Å²) in [5.74, 6) is 0. The van der Waals surface area contributed by atoms with E-state index in [4.69, 9.17) is 8.83 Å². The summed E-state index contributed by atoms with van der Waals surface area (Å²) in [6.07, 6.45) is 0. The van der Waals surface area contributed by atoms with Crippen molar-refractivity contribution in [2.75, 3.05) is 0 Å². The van der Waals surface area contributed by atoms with Gasteiger partial charge in [0.05, 0.1) is 0 Å². The molecule has 5 heteroatoms. The van der Waals surface area contributed by atoms with E-state index in [1.165, 1.54) is 57.5 Å². The largest absolute Gasteiger partial charge is 0.456 e. The van der Waals surface area contributed by atoms with Crippen molar-refractivity contribution in [3.63, 3.8) is 0 Å². The lowest BCUT2D eigenvalue weighted by Crippen LogP contribution is -2.58. The van der Waals surface area contributed by atoms with Gasteiger partial charge in [-0.3, -0.25) is 0 Å². The number of hydrogen-bond acceptors (Lipinski definition) is 4. The molecular formula is C30H15BO2S2. The van der Waals surface area contributed by atoms with Crippen molar-refractivity contribution in [2.24, 2.45) is 0 Å². The number of furan rings is 2. The maximum Gasteiger partial charge on any atom is 0.247 e. The van der Waals surface area contributed by atoms with Crippen LogP contribution in [0.2, 0.25) is 0 Å². The number of para-hydroxylation sites is 2. The highest BCUT2D eigenvalue weighted by Gasteiger charge is 2.39. The molecular weight excluding hydrogens is 467 g/mol. The van der Waals surface area contributed by atoms with Gasteiger partial charge >= 0.3 is 0 Å². The van der Waals surface area contributed by atoms with Gasteiger partial charge in [0.1, 0.15) is 22.3 Å². The van der Waals surface area contributed by atoms with Crippen LogP contribution in [-0.4, -0.2) is 6.71 Å². The van der Waals surface area contributed by atoms with E-state index >= 15 is 0 Å². The van der Waals surface area contributed by atoms with E-state index in [0.29, 0.717) is 0 Å². The molecule has 0 amide bonds. The Hall–Kier alpha value is -3.54. The molecule has 2 nitrogen and oxygen atoms in total. The fourth-order valence-corrected chi connectivity index (χ4v) is 8.31. The first-order valence-electron chi connectivity index (χ1n) is 11.7. The van der Waals surface area contributed by atoms with Gasteiger partial charge in [-0.25, -0.2) is 0 Å². The molecule has 0 saturated carbocycles. The Morgan fingerprint density at radius 3 is 1.51 bits per heavy atom. The minimum absolute atomic E-state index is 0.156. The average Bonchev–Trinajstić information content (AvgIpc) is 3.43. The van der Waals surface area contributed by atoms with E-state index in [1.54, 1.807) is 0 Å². The summed E-state index contributed by atoms with van der Waals surface area (Å²) in [7, 11) is 0. The van der Waals surface area contributed by atoms with E-state index < -0.39 is 0 Å². The van der Waals surface area contributed by atoms with E-state index in [1.807, 2.05) is 35.7 Å². The minimum atomic E-state index is 0.156. The second kappa shape index (κ2) is 6.57. The van der Waals surface area contributed by atoms with Gasteiger partial charge in [-0.2, -0.15) is 0 Å². The Kier molecular flexibility index (Phi) is 3.52. The van der Waals surface area contributed by atoms with Crippen LogP contribution in [0.25, 0.3) is 43.9 Å². The lowest BCUT2D eigenvalue weighted by molar-refractivity contribution is 0.669. The van der Waals surface area contributed by atoms with Crippen molar-refractivity contribution >= 4 is 90.5 Å². The summed E-state index contributed by atoms with van der Waals surface area (Å²) in [5, 5.41) is 4.72. The first-order valence-corrected chi connectivity index (χ1v) is 13.3. The Balaban J connectivity index is 1.37. The van der Waals surface area contributed by atoms with Crippen molar-refractivity contribution in [3.8, 4) is 0 Å². The molecule has 0 saturated heterocycles. The van der Waals surface area contributed by atoms with Gasteiger partial charge in [-0.05, 0) is 54.0 Å². The maximum atomic E-state index is 6.31. The monoisotopic (exact) mass is 482 g/mol. The number of hydrogen-bond donors (Lipinski definition) is 0. The molecule has 0 unspecified atom stereocenters. The first-order chi connectivity index (χ1) is 17.3. The molecule has 0 N–H and O–H groups in total. The van der Waals surface area contributed by atoms with Crippen LogP contribution in [0.15, 0.2) is 119 Å². The molecule has 2 aliphatic rings. The third kappa shape index (κ3) is 2.45. The topological polar surface area (TPSA) is 26.3 Å². The van der Waals surface area contributed by atoms with Crippen LogP contribution in [0.1, 0.15) is 0 Å². The molecule has 4 heterocycles. The zero-order chi connectivity index (χ0) is 22.7. The normalized spacial score (nSPS) is 14.0. The van der Waals surface area contributed by atoms with E-state index in [-0.39, 0.29) is 6.71 Å². The standard InChI is InChI=1S/C30H15BO2S2/c1-3-8-22-16(6-1)18-12-28-20(14-24(18)32-22)31-21-15-25-19(17-7-2-4-9-23(17)33-25)13-29(21)35-27-11-5-10-26(34-28)30(27)31/h1-15H. The minimum Gasteiger partial charge on any atom is -0.456 e. The van der Waals surface area contributed by atoms with Crippen LogP contribution in [0.3, 0.4) is 0 Å². The summed E-state index contributed by atoms with van der Waals surface area (Å²) in [6, 6.07) is 32.6. The number of rotatable bonds is 0. The van der Waals surface area contributed by atoms with Crippen LogP contribution in [-0.2, 0) is 0 Å². The predicted molar refractivity (Wildman–Crippen MR) is 147 cm³/mol. The lowest BCUT2D eigenvalue weighted by atomic mass is 9.36. The van der Waals surface area contributed by atoms with Gasteiger partial charge in [-0.15, -0.1) is 0 Å². The van der Waals surface area contributed by atoms with Crippen LogP contribution >= 0.6 is 23.5 Å². The molecule has 0 fully saturated rings. The first kappa shape index (κ1) is 18.8. The molecule has 7 aromatic rings. The lowest BCUT2D eigenvalue weighted by Gasteiger charge is -2.32. The molecule has 0 bridgehead atoms. The average molecular weight is 482 g/mol. The fourth-order valence-electron chi connectivity index (χ4n) is 5.86. The van der Waals surface area contributed by atoms with Gasteiger partial charge in [0.25, 0.3) is 0 Å². The maximum absolute atomic E-state index is 6.31. The van der Waals surface area contributed by atoms with Crippen molar-refractivity contribution in [1.29, 1.82) is 0 Å². The van der Waals surface area contributed by atoms with E-state index in [2.05, 4.69) is 78.9 Å². The van der Waals surface area contributed by atoms with Crippen LogP contribution in [0, 0.1) is 0 Å². The molecule has 5 aromatic carbocycles. The van der Waals surface area contributed by atoms with Crippen molar-refractivity contribution in [2.45, 2.75) is 19.6 Å². The molecule has 0 spiro atoms. The van der Waals surface area contributed by atoms with Crippen molar-refractivity contribution < 1.29 is 8.83 Å². The van der Waals surface area contributed by atoms with Crippen LogP contribution < -0.4 is 16.4 Å². The second-order valence-corrected chi connectivity index (χ2v) is 11.4. The molecule has 0 atom stereocenters. The number of benzene rings is 5. The van der Waals surface area contributed by atoms with Gasteiger partial charge in [0.2, 0.25) is 6.71 Å². The Bertz CT molecular complexity index is 1890. The summed E-state index contributed by atoms with van der Waals surface area (Å²) in [6.45, 7) is 0.156. The third-order valence-corrected chi connectivity index (χ3v) is 9.69. The SMILES string of the molecule is c1cc2c3c(c1)Sc1cc4c(cc1B3c1cc3oc5ccccc5c3cc1S2)oc1ccccc14. The predicted octanol–water partition coefficient (Wildman–Crippen LogP) is 6.93. The smallest absolute Gasteiger partial charge is 0.247 e. The molecule has 2 aliphatic heterocycles. The van der Waals surface area contributed by atoms with E-state index in [0.717, 1.165) is 22.3 Å². The molecule has 162 valence electrons. The Morgan fingerprint density at radius 1 is 0.457 bits per heavy atom. The Labute approximate surface area is 209 Å².